The molecule has 9 heteroatoms. The average molecular weight is 495 g/mol. The number of halogens is 1. The Labute approximate surface area is 210 Å². The molecule has 2 fully saturated rings. The molecule has 2 saturated heterocycles. The number of rotatable bonds is 1. The van der Waals surface area contributed by atoms with Gasteiger partial charge in [0.25, 0.3) is 5.91 Å². The number of fused-ring (bicyclic) bond motifs is 4. The van der Waals surface area contributed by atoms with Crippen molar-refractivity contribution >= 4 is 34.8 Å². The van der Waals surface area contributed by atoms with Gasteiger partial charge in [-0.15, -0.1) is 0 Å². The van der Waals surface area contributed by atoms with Gasteiger partial charge in [0.1, 0.15) is 17.4 Å². The molecule has 1 aromatic carbocycles. The number of benzene rings is 1. The number of amides is 1. The summed E-state index contributed by atoms with van der Waals surface area (Å²) in [5.41, 5.74) is 3.35. The Morgan fingerprint density at radius 1 is 1.09 bits per heavy atom. The summed E-state index contributed by atoms with van der Waals surface area (Å²) < 4.78 is 8.02. The summed E-state index contributed by atoms with van der Waals surface area (Å²) >= 11 is 6.31. The molecule has 3 aromatic rings. The molecule has 0 saturated carbocycles. The highest BCUT2D eigenvalue weighted by Crippen LogP contribution is 2.36. The Balaban J connectivity index is 1.47. The fourth-order valence-electron chi connectivity index (χ4n) is 5.34. The maximum atomic E-state index is 13.8. The van der Waals surface area contributed by atoms with Crippen LogP contribution in [0.25, 0.3) is 5.65 Å². The van der Waals surface area contributed by atoms with Gasteiger partial charge in [0.15, 0.2) is 5.65 Å². The number of carbonyl (C=O) groups is 1. The number of nitrogens with one attached hydrogen (secondary N) is 1. The topological polar surface area (TPSA) is 75.0 Å². The maximum absolute atomic E-state index is 13.8. The Morgan fingerprint density at radius 3 is 2.80 bits per heavy atom. The van der Waals surface area contributed by atoms with Crippen molar-refractivity contribution in [3.05, 3.63) is 46.1 Å². The van der Waals surface area contributed by atoms with E-state index in [1.807, 2.05) is 15.5 Å². The minimum Gasteiger partial charge on any atom is -0.493 e. The fraction of sp³-hybridized carbons (Fsp3) is 0.500. The van der Waals surface area contributed by atoms with Crippen molar-refractivity contribution in [2.75, 3.05) is 43.0 Å². The van der Waals surface area contributed by atoms with E-state index in [4.69, 9.17) is 26.4 Å². The number of carbonyl (C=O) groups excluding carboxylic acids is 1. The molecule has 2 bridgehead atoms. The van der Waals surface area contributed by atoms with Gasteiger partial charge in [-0.3, -0.25) is 4.79 Å². The summed E-state index contributed by atoms with van der Waals surface area (Å²) in [4.78, 5) is 23.1. The van der Waals surface area contributed by atoms with Crippen molar-refractivity contribution in [3.8, 4) is 5.75 Å². The average Bonchev–Trinajstić information content (AvgIpc) is 3.25. The lowest BCUT2D eigenvalue weighted by Crippen LogP contribution is -2.39. The Kier molecular flexibility index (Phi) is 5.92. The van der Waals surface area contributed by atoms with Gasteiger partial charge in [-0.2, -0.15) is 9.61 Å². The smallest absolute Gasteiger partial charge is 0.258 e. The lowest BCUT2D eigenvalue weighted by atomic mass is 9.98. The van der Waals surface area contributed by atoms with Gasteiger partial charge in [-0.05, 0) is 63.6 Å². The van der Waals surface area contributed by atoms with Crippen LogP contribution in [0.4, 0.5) is 11.6 Å². The van der Waals surface area contributed by atoms with Crippen LogP contribution in [0.2, 0.25) is 5.02 Å². The second-order valence-corrected chi connectivity index (χ2v) is 10.2. The predicted octanol–water partition coefficient (Wildman–Crippen LogP) is 4.85. The van der Waals surface area contributed by atoms with Crippen molar-refractivity contribution in [1.82, 2.24) is 19.5 Å². The van der Waals surface area contributed by atoms with E-state index in [2.05, 4.69) is 23.2 Å². The van der Waals surface area contributed by atoms with Gasteiger partial charge >= 0.3 is 0 Å². The molecular formula is C26H31ClN6O2. The van der Waals surface area contributed by atoms with Gasteiger partial charge in [-0.25, -0.2) is 4.98 Å². The molecule has 3 aliphatic rings. The van der Waals surface area contributed by atoms with Gasteiger partial charge < -0.3 is 19.9 Å². The van der Waals surface area contributed by atoms with Crippen molar-refractivity contribution in [3.63, 3.8) is 0 Å². The number of ether oxygens (including phenoxy) is 1. The fourth-order valence-corrected chi connectivity index (χ4v) is 5.52. The normalized spacial score (nSPS) is 20.9. The van der Waals surface area contributed by atoms with E-state index in [1.165, 1.54) is 6.42 Å². The van der Waals surface area contributed by atoms with Crippen LogP contribution in [-0.2, 0) is 0 Å². The highest BCUT2D eigenvalue weighted by Gasteiger charge is 2.33. The second-order valence-electron chi connectivity index (χ2n) is 9.72. The third-order valence-electron chi connectivity index (χ3n) is 7.39. The first-order chi connectivity index (χ1) is 17.1. The molecule has 1 N–H and O–H groups in total. The number of hydrogen-bond acceptors (Lipinski definition) is 6. The molecule has 0 aliphatic carbocycles. The lowest BCUT2D eigenvalue weighted by molar-refractivity contribution is 0.0601. The van der Waals surface area contributed by atoms with E-state index in [1.54, 1.807) is 12.1 Å². The minimum absolute atomic E-state index is 0.0529. The van der Waals surface area contributed by atoms with E-state index in [9.17, 15) is 4.79 Å². The highest BCUT2D eigenvalue weighted by molar-refractivity contribution is 6.31. The molecule has 1 amide bonds. The third-order valence-corrected chi connectivity index (χ3v) is 7.62. The van der Waals surface area contributed by atoms with Crippen LogP contribution in [0.5, 0.6) is 5.75 Å². The maximum Gasteiger partial charge on any atom is 0.258 e. The van der Waals surface area contributed by atoms with Crippen molar-refractivity contribution < 1.29 is 9.53 Å². The first-order valence-electron chi connectivity index (χ1n) is 12.7. The zero-order valence-corrected chi connectivity index (χ0v) is 20.9. The molecule has 184 valence electrons. The molecule has 35 heavy (non-hydrogen) atoms. The van der Waals surface area contributed by atoms with Crippen molar-refractivity contribution in [1.29, 1.82) is 0 Å². The zero-order chi connectivity index (χ0) is 23.9. The first kappa shape index (κ1) is 22.5. The number of hydrogen-bond donors (Lipinski definition) is 1. The van der Waals surface area contributed by atoms with Crippen molar-refractivity contribution in [2.45, 2.75) is 51.5 Å². The number of anilines is 2. The molecule has 8 nitrogen and oxygen atoms in total. The number of aromatic nitrogens is 3. The first-order valence-corrected chi connectivity index (χ1v) is 13.1. The van der Waals surface area contributed by atoms with Crippen LogP contribution in [-0.4, -0.2) is 58.2 Å². The van der Waals surface area contributed by atoms with Gasteiger partial charge in [0.2, 0.25) is 0 Å². The summed E-state index contributed by atoms with van der Waals surface area (Å²) in [7, 11) is 0. The largest absolute Gasteiger partial charge is 0.493 e. The molecule has 2 aromatic heterocycles. The molecule has 1 atom stereocenters. The second kappa shape index (κ2) is 9.22. The molecule has 3 aliphatic heterocycles. The summed E-state index contributed by atoms with van der Waals surface area (Å²) in [6.45, 7) is 6.23. The van der Waals surface area contributed by atoms with Gasteiger partial charge in [-0.1, -0.05) is 11.6 Å². The Hall–Kier alpha value is -3.00. The summed E-state index contributed by atoms with van der Waals surface area (Å²) in [6.07, 6.45) is 5.89. The molecular weight excluding hydrogens is 464 g/mol. The molecule has 5 heterocycles. The van der Waals surface area contributed by atoms with Crippen LogP contribution in [0.15, 0.2) is 24.3 Å². The molecule has 1 unspecified atom stereocenters. The van der Waals surface area contributed by atoms with Crippen LogP contribution < -0.4 is 15.0 Å². The quantitative estimate of drug-likeness (QED) is 0.521. The van der Waals surface area contributed by atoms with Crippen LogP contribution in [0.1, 0.15) is 66.2 Å². The minimum atomic E-state index is -0.115. The van der Waals surface area contributed by atoms with Crippen LogP contribution in [0, 0.1) is 6.92 Å². The summed E-state index contributed by atoms with van der Waals surface area (Å²) in [5, 5.41) is 9.19. The van der Waals surface area contributed by atoms with E-state index in [0.717, 1.165) is 80.3 Å². The summed E-state index contributed by atoms with van der Waals surface area (Å²) in [5.74, 6) is 2.56. The standard InChI is InChI=1S/C26H31ClN6O2/c1-17-24-28-10-3-5-14-35-22-9-8-18(27)15-19(22)26(34)32-13-4-2-7-21(32)20-16-23(33(24)30-20)29-25(17)31-11-6-12-31/h8-9,15-16,21,28H,2-7,10-14H2,1H3. The molecule has 0 radical (unpaired) electrons. The number of nitrogens with zero attached hydrogens (tertiary/aromatic N) is 5. The lowest BCUT2D eigenvalue weighted by Gasteiger charge is -2.35. The van der Waals surface area contributed by atoms with Crippen LogP contribution in [0.3, 0.4) is 0 Å². The van der Waals surface area contributed by atoms with Gasteiger partial charge in [0, 0.05) is 42.8 Å². The monoisotopic (exact) mass is 494 g/mol. The Bertz CT molecular complexity index is 1270. The molecule has 0 spiro atoms. The van der Waals surface area contributed by atoms with Crippen molar-refractivity contribution in [2.24, 2.45) is 0 Å². The van der Waals surface area contributed by atoms with E-state index >= 15 is 0 Å². The number of piperidine rings is 1. The molecule has 6 rings (SSSR count). The zero-order valence-electron chi connectivity index (χ0n) is 20.1. The SMILES string of the molecule is Cc1c(N2CCC2)nc2cc3nn2c1NCCCCOc1ccc(Cl)cc1C(=O)N1CCCCC31. The van der Waals surface area contributed by atoms with E-state index in [-0.39, 0.29) is 11.9 Å². The van der Waals surface area contributed by atoms with Crippen LogP contribution >= 0.6 is 11.6 Å². The predicted molar refractivity (Wildman–Crippen MR) is 137 cm³/mol. The summed E-state index contributed by atoms with van der Waals surface area (Å²) in [6, 6.07) is 7.27. The van der Waals surface area contributed by atoms with Gasteiger partial charge in [0.05, 0.1) is 23.9 Å². The highest BCUT2D eigenvalue weighted by atomic mass is 35.5. The third kappa shape index (κ3) is 4.07. The van der Waals surface area contributed by atoms with E-state index < -0.39 is 0 Å². The Morgan fingerprint density at radius 2 is 1.97 bits per heavy atom. The van der Waals surface area contributed by atoms with E-state index in [0.29, 0.717) is 29.5 Å².